The van der Waals surface area contributed by atoms with Crippen LogP contribution in [0.15, 0.2) is 18.2 Å². The van der Waals surface area contributed by atoms with Crippen molar-refractivity contribution in [2.75, 3.05) is 7.11 Å². The molecule has 21 heavy (non-hydrogen) atoms. The molecule has 5 heteroatoms. The molecule has 1 atom stereocenters. The number of primary amides is 1. The smallest absolute Gasteiger partial charge is 0.258 e. The Bertz CT molecular complexity index is 481. The van der Waals surface area contributed by atoms with Gasteiger partial charge in [0.15, 0.2) is 17.6 Å². The molecule has 1 unspecified atom stereocenters. The van der Waals surface area contributed by atoms with Gasteiger partial charge in [0.05, 0.1) is 7.11 Å². The number of nitrogens with one attached hydrogen (secondary N) is 1. The number of hydrogen-bond donors (Lipinski definition) is 2. The van der Waals surface area contributed by atoms with E-state index in [1.165, 1.54) is 0 Å². The molecular formula is C16H26N2O3. The lowest BCUT2D eigenvalue weighted by Crippen LogP contribution is -2.35. The van der Waals surface area contributed by atoms with E-state index in [-0.39, 0.29) is 5.54 Å². The largest absolute Gasteiger partial charge is 0.493 e. The average Bonchev–Trinajstić information content (AvgIpc) is 2.41. The summed E-state index contributed by atoms with van der Waals surface area (Å²) in [5, 5.41) is 3.41. The van der Waals surface area contributed by atoms with Crippen LogP contribution >= 0.6 is 0 Å². The summed E-state index contributed by atoms with van der Waals surface area (Å²) in [7, 11) is 1.58. The van der Waals surface area contributed by atoms with Gasteiger partial charge in [0.25, 0.3) is 5.91 Å². The van der Waals surface area contributed by atoms with Crippen LogP contribution in [0.5, 0.6) is 11.5 Å². The molecule has 0 radical (unpaired) electrons. The minimum absolute atomic E-state index is 0.0433. The Labute approximate surface area is 126 Å². The van der Waals surface area contributed by atoms with Crippen LogP contribution in [-0.2, 0) is 11.3 Å². The zero-order valence-corrected chi connectivity index (χ0v) is 13.5. The Morgan fingerprint density at radius 3 is 2.48 bits per heavy atom. The molecule has 118 valence electrons. The van der Waals surface area contributed by atoms with Crippen molar-refractivity contribution in [1.29, 1.82) is 0 Å². The third kappa shape index (κ3) is 5.63. The minimum atomic E-state index is -0.641. The van der Waals surface area contributed by atoms with E-state index in [4.69, 9.17) is 15.2 Å². The molecule has 3 N–H and O–H groups in total. The first-order valence-corrected chi connectivity index (χ1v) is 7.14. The first-order chi connectivity index (χ1) is 9.76. The first-order valence-electron chi connectivity index (χ1n) is 7.14. The van der Waals surface area contributed by atoms with Gasteiger partial charge in [0.1, 0.15) is 0 Å². The predicted octanol–water partition coefficient (Wildman–Crippen LogP) is 2.23. The van der Waals surface area contributed by atoms with E-state index in [2.05, 4.69) is 26.1 Å². The highest BCUT2D eigenvalue weighted by Crippen LogP contribution is 2.29. The topological polar surface area (TPSA) is 73.6 Å². The third-order valence-corrected chi connectivity index (χ3v) is 3.01. The highest BCUT2D eigenvalue weighted by Gasteiger charge is 2.17. The predicted molar refractivity (Wildman–Crippen MR) is 83.5 cm³/mol. The molecule has 0 aliphatic heterocycles. The summed E-state index contributed by atoms with van der Waals surface area (Å²) in [5.74, 6) is 0.656. The van der Waals surface area contributed by atoms with E-state index < -0.39 is 12.0 Å². The van der Waals surface area contributed by atoms with Crippen LogP contribution < -0.4 is 20.5 Å². The van der Waals surface area contributed by atoms with Crippen molar-refractivity contribution >= 4 is 5.91 Å². The molecule has 1 aromatic carbocycles. The van der Waals surface area contributed by atoms with Gasteiger partial charge in [0.2, 0.25) is 0 Å². The summed E-state index contributed by atoms with van der Waals surface area (Å²) in [4.78, 5) is 11.3. The van der Waals surface area contributed by atoms with Gasteiger partial charge in [-0.3, -0.25) is 4.79 Å². The molecule has 0 spiro atoms. The quantitative estimate of drug-likeness (QED) is 0.808. The standard InChI is InChI=1S/C16H26N2O3/c1-6-12(15(17)19)21-13-8-7-11(9-14(13)20-5)10-18-16(2,3)4/h7-9,12,18H,6,10H2,1-5H3,(H2,17,19). The number of nitrogens with two attached hydrogens (primary N) is 1. The molecule has 5 nitrogen and oxygen atoms in total. The van der Waals surface area contributed by atoms with E-state index in [0.29, 0.717) is 17.9 Å². The van der Waals surface area contributed by atoms with Gasteiger partial charge in [-0.2, -0.15) is 0 Å². The van der Waals surface area contributed by atoms with Crippen molar-refractivity contribution in [2.24, 2.45) is 5.73 Å². The second-order valence-corrected chi connectivity index (χ2v) is 6.01. The van der Waals surface area contributed by atoms with Crippen LogP contribution in [0.1, 0.15) is 39.7 Å². The maximum Gasteiger partial charge on any atom is 0.258 e. The number of carbonyl (C=O) groups excluding carboxylic acids is 1. The summed E-state index contributed by atoms with van der Waals surface area (Å²) in [6, 6.07) is 5.66. The highest BCUT2D eigenvalue weighted by atomic mass is 16.5. The second-order valence-electron chi connectivity index (χ2n) is 6.01. The van der Waals surface area contributed by atoms with E-state index in [1.54, 1.807) is 7.11 Å². The molecule has 0 saturated heterocycles. The second kappa shape index (κ2) is 7.31. The Morgan fingerprint density at radius 2 is 2.00 bits per heavy atom. The van der Waals surface area contributed by atoms with Crippen LogP contribution in [0.3, 0.4) is 0 Å². The Morgan fingerprint density at radius 1 is 1.33 bits per heavy atom. The lowest BCUT2D eigenvalue weighted by molar-refractivity contribution is -0.124. The summed E-state index contributed by atoms with van der Waals surface area (Å²) in [6.07, 6.45) is -0.122. The van der Waals surface area contributed by atoms with Crippen molar-refractivity contribution < 1.29 is 14.3 Å². The number of ether oxygens (including phenoxy) is 2. The first kappa shape index (κ1) is 17.3. The van der Waals surface area contributed by atoms with Gasteiger partial charge in [-0.25, -0.2) is 0 Å². The molecule has 1 rings (SSSR count). The molecule has 0 fully saturated rings. The van der Waals surface area contributed by atoms with E-state index in [1.807, 2.05) is 25.1 Å². The number of carbonyl (C=O) groups is 1. The fourth-order valence-electron chi connectivity index (χ4n) is 1.78. The molecule has 0 saturated carbocycles. The molecule has 0 bridgehead atoms. The van der Waals surface area contributed by atoms with Crippen LogP contribution in [0, 0.1) is 0 Å². The van der Waals surface area contributed by atoms with Gasteiger partial charge in [-0.05, 0) is 44.9 Å². The highest BCUT2D eigenvalue weighted by molar-refractivity contribution is 5.79. The lowest BCUT2D eigenvalue weighted by atomic mass is 10.1. The van der Waals surface area contributed by atoms with Crippen LogP contribution in [0.25, 0.3) is 0 Å². The third-order valence-electron chi connectivity index (χ3n) is 3.01. The summed E-state index contributed by atoms with van der Waals surface area (Å²) in [5.41, 5.74) is 6.43. The Balaban J connectivity index is 2.86. The molecule has 0 aromatic heterocycles. The zero-order chi connectivity index (χ0) is 16.0. The van der Waals surface area contributed by atoms with Crippen LogP contribution in [0.2, 0.25) is 0 Å². The number of rotatable bonds is 7. The molecule has 1 aromatic rings. The van der Waals surface area contributed by atoms with Crippen molar-refractivity contribution in [3.05, 3.63) is 23.8 Å². The summed E-state index contributed by atoms with van der Waals surface area (Å²) >= 11 is 0. The fourth-order valence-corrected chi connectivity index (χ4v) is 1.78. The summed E-state index contributed by atoms with van der Waals surface area (Å²) in [6.45, 7) is 8.91. The molecule has 0 heterocycles. The van der Waals surface area contributed by atoms with Gasteiger partial charge >= 0.3 is 0 Å². The van der Waals surface area contributed by atoms with Crippen molar-refractivity contribution in [3.63, 3.8) is 0 Å². The number of benzene rings is 1. The van der Waals surface area contributed by atoms with E-state index in [0.717, 1.165) is 12.1 Å². The van der Waals surface area contributed by atoms with Crippen LogP contribution in [-0.4, -0.2) is 24.7 Å². The Hall–Kier alpha value is -1.75. The lowest BCUT2D eigenvalue weighted by Gasteiger charge is -2.21. The number of hydrogen-bond acceptors (Lipinski definition) is 4. The average molecular weight is 294 g/mol. The molecule has 1 amide bonds. The number of amides is 1. The SMILES string of the molecule is CCC(Oc1ccc(CNC(C)(C)C)cc1OC)C(N)=O. The van der Waals surface area contributed by atoms with Crippen molar-refractivity contribution in [1.82, 2.24) is 5.32 Å². The summed E-state index contributed by atoms with van der Waals surface area (Å²) < 4.78 is 11.0. The Kier molecular flexibility index (Phi) is 6.03. The number of methoxy groups -OCH3 is 1. The van der Waals surface area contributed by atoms with E-state index in [9.17, 15) is 4.79 Å². The van der Waals surface area contributed by atoms with Gasteiger partial charge in [-0.1, -0.05) is 13.0 Å². The van der Waals surface area contributed by atoms with Gasteiger partial charge in [-0.15, -0.1) is 0 Å². The zero-order valence-electron chi connectivity index (χ0n) is 13.5. The van der Waals surface area contributed by atoms with Crippen LogP contribution in [0.4, 0.5) is 0 Å². The molecule has 0 aliphatic rings. The maximum atomic E-state index is 11.3. The van der Waals surface area contributed by atoms with Gasteiger partial charge < -0.3 is 20.5 Å². The maximum absolute atomic E-state index is 11.3. The van der Waals surface area contributed by atoms with E-state index >= 15 is 0 Å². The molecular weight excluding hydrogens is 268 g/mol. The van der Waals surface area contributed by atoms with Gasteiger partial charge in [0, 0.05) is 12.1 Å². The monoisotopic (exact) mass is 294 g/mol. The normalized spacial score (nSPS) is 12.8. The minimum Gasteiger partial charge on any atom is -0.493 e. The van der Waals surface area contributed by atoms with Crippen molar-refractivity contribution in [2.45, 2.75) is 52.3 Å². The van der Waals surface area contributed by atoms with Crippen molar-refractivity contribution in [3.8, 4) is 11.5 Å². The molecule has 0 aliphatic carbocycles. The fraction of sp³-hybridized carbons (Fsp3) is 0.562.